The standard InChI is InChI=1S/C15H26N4/c1-3-10-17-15(16-4-2)18-13-9-11-19(12-13)14-7-5-6-8-14/h1,13-14H,4-12H2,2H3,(H2,16,17,18). The van der Waals surface area contributed by atoms with Crippen LogP contribution in [0.25, 0.3) is 0 Å². The van der Waals surface area contributed by atoms with Gasteiger partial charge in [0.25, 0.3) is 0 Å². The lowest BCUT2D eigenvalue weighted by molar-refractivity contribution is 0.242. The van der Waals surface area contributed by atoms with Crippen LogP contribution in [0.2, 0.25) is 0 Å². The summed E-state index contributed by atoms with van der Waals surface area (Å²) in [5.74, 6) is 3.42. The van der Waals surface area contributed by atoms with Crippen LogP contribution in [0.15, 0.2) is 4.99 Å². The maximum Gasteiger partial charge on any atom is 0.192 e. The minimum atomic E-state index is 0.439. The summed E-state index contributed by atoms with van der Waals surface area (Å²) in [5.41, 5.74) is 0. The Bertz CT molecular complexity index is 339. The average Bonchev–Trinajstić information content (AvgIpc) is 3.06. The molecule has 0 amide bonds. The van der Waals surface area contributed by atoms with Gasteiger partial charge in [0.2, 0.25) is 0 Å². The quantitative estimate of drug-likeness (QED) is 0.454. The zero-order valence-corrected chi connectivity index (χ0v) is 12.0. The second-order valence-corrected chi connectivity index (χ2v) is 5.46. The van der Waals surface area contributed by atoms with E-state index in [2.05, 4.69) is 33.4 Å². The van der Waals surface area contributed by atoms with E-state index >= 15 is 0 Å². The molecule has 0 aromatic heterocycles. The number of rotatable bonds is 4. The lowest BCUT2D eigenvalue weighted by Crippen LogP contribution is -2.45. The molecule has 1 saturated heterocycles. The molecule has 4 nitrogen and oxygen atoms in total. The fraction of sp³-hybridized carbons (Fsp3) is 0.800. The van der Waals surface area contributed by atoms with Gasteiger partial charge >= 0.3 is 0 Å². The summed E-state index contributed by atoms with van der Waals surface area (Å²) >= 11 is 0. The molecule has 1 aliphatic carbocycles. The van der Waals surface area contributed by atoms with Crippen molar-refractivity contribution in [2.75, 3.05) is 26.2 Å². The Morgan fingerprint density at radius 3 is 2.84 bits per heavy atom. The van der Waals surface area contributed by atoms with Gasteiger partial charge in [-0.3, -0.25) is 4.90 Å². The first-order valence-electron chi connectivity index (χ1n) is 7.56. The Hall–Kier alpha value is -1.21. The van der Waals surface area contributed by atoms with Gasteiger partial charge in [-0.25, -0.2) is 4.99 Å². The van der Waals surface area contributed by atoms with Crippen LogP contribution in [0.3, 0.4) is 0 Å². The third-order valence-corrected chi connectivity index (χ3v) is 4.07. The largest absolute Gasteiger partial charge is 0.357 e. The summed E-state index contributed by atoms with van der Waals surface area (Å²) in [4.78, 5) is 7.01. The third kappa shape index (κ3) is 4.14. The topological polar surface area (TPSA) is 39.7 Å². The Balaban J connectivity index is 1.80. The molecule has 2 rings (SSSR count). The van der Waals surface area contributed by atoms with E-state index in [1.54, 1.807) is 0 Å². The minimum Gasteiger partial charge on any atom is -0.357 e. The highest BCUT2D eigenvalue weighted by Crippen LogP contribution is 2.26. The smallest absolute Gasteiger partial charge is 0.192 e. The minimum absolute atomic E-state index is 0.439. The number of guanidine groups is 1. The van der Waals surface area contributed by atoms with E-state index in [-0.39, 0.29) is 0 Å². The first-order valence-corrected chi connectivity index (χ1v) is 7.56. The molecule has 1 saturated carbocycles. The van der Waals surface area contributed by atoms with Crippen LogP contribution in [-0.4, -0.2) is 49.1 Å². The second kappa shape index (κ2) is 7.40. The number of likely N-dealkylation sites (tertiary alicyclic amines) is 1. The Morgan fingerprint density at radius 1 is 1.37 bits per heavy atom. The van der Waals surface area contributed by atoms with E-state index < -0.39 is 0 Å². The summed E-state index contributed by atoms with van der Waals surface area (Å²) in [5, 5.41) is 6.76. The van der Waals surface area contributed by atoms with Gasteiger partial charge in [-0.05, 0) is 26.2 Å². The molecule has 0 aromatic rings. The van der Waals surface area contributed by atoms with Crippen molar-refractivity contribution in [2.24, 2.45) is 4.99 Å². The molecule has 0 aromatic carbocycles. The highest BCUT2D eigenvalue weighted by molar-refractivity contribution is 5.80. The molecule has 1 aliphatic heterocycles. The van der Waals surface area contributed by atoms with Crippen LogP contribution < -0.4 is 10.6 Å². The van der Waals surface area contributed by atoms with Gasteiger partial charge in [-0.15, -0.1) is 6.42 Å². The third-order valence-electron chi connectivity index (χ3n) is 4.07. The van der Waals surface area contributed by atoms with Crippen molar-refractivity contribution in [2.45, 2.75) is 51.1 Å². The van der Waals surface area contributed by atoms with Crippen molar-refractivity contribution in [3.63, 3.8) is 0 Å². The SMILES string of the molecule is C#CCN=C(NCC)NC1CCN(C2CCCC2)C1. The molecule has 2 aliphatic rings. The monoisotopic (exact) mass is 262 g/mol. The van der Waals surface area contributed by atoms with E-state index in [4.69, 9.17) is 6.42 Å². The van der Waals surface area contributed by atoms with E-state index in [1.807, 2.05) is 0 Å². The van der Waals surface area contributed by atoms with Crippen LogP contribution in [0.4, 0.5) is 0 Å². The van der Waals surface area contributed by atoms with E-state index in [1.165, 1.54) is 38.6 Å². The van der Waals surface area contributed by atoms with Crippen LogP contribution in [-0.2, 0) is 0 Å². The Morgan fingerprint density at radius 2 is 2.16 bits per heavy atom. The van der Waals surface area contributed by atoms with Gasteiger partial charge in [0.1, 0.15) is 6.54 Å². The van der Waals surface area contributed by atoms with Gasteiger partial charge in [-0.2, -0.15) is 0 Å². The Labute approximate surface area is 117 Å². The number of aliphatic imine (C=N–C) groups is 1. The molecule has 1 unspecified atom stereocenters. The predicted molar refractivity (Wildman–Crippen MR) is 80.2 cm³/mol. The first kappa shape index (κ1) is 14.2. The van der Waals surface area contributed by atoms with Crippen molar-refractivity contribution in [3.8, 4) is 12.3 Å². The number of terminal acetylenes is 1. The van der Waals surface area contributed by atoms with Crippen LogP contribution >= 0.6 is 0 Å². The normalized spacial score (nSPS) is 25.5. The highest BCUT2D eigenvalue weighted by atomic mass is 15.3. The number of nitrogens with zero attached hydrogens (tertiary/aromatic N) is 2. The second-order valence-electron chi connectivity index (χ2n) is 5.46. The molecular weight excluding hydrogens is 236 g/mol. The maximum atomic E-state index is 5.27. The van der Waals surface area contributed by atoms with Gasteiger partial charge in [0, 0.05) is 31.7 Å². The molecular formula is C15H26N4. The van der Waals surface area contributed by atoms with Gasteiger partial charge in [0.05, 0.1) is 0 Å². The molecule has 1 atom stereocenters. The molecule has 0 spiro atoms. The van der Waals surface area contributed by atoms with Crippen molar-refractivity contribution in [1.82, 2.24) is 15.5 Å². The van der Waals surface area contributed by atoms with Gasteiger partial charge in [0.15, 0.2) is 5.96 Å². The molecule has 0 radical (unpaired) electrons. The lowest BCUT2D eigenvalue weighted by atomic mass is 10.2. The zero-order chi connectivity index (χ0) is 13.5. The zero-order valence-electron chi connectivity index (χ0n) is 12.0. The summed E-state index contributed by atoms with van der Waals surface area (Å²) in [7, 11) is 0. The summed E-state index contributed by atoms with van der Waals surface area (Å²) in [6.07, 6.45) is 12.1. The molecule has 0 bridgehead atoms. The summed E-state index contributed by atoms with van der Waals surface area (Å²) in [6, 6.07) is 1.34. The van der Waals surface area contributed by atoms with Crippen molar-refractivity contribution < 1.29 is 0 Å². The molecule has 2 fully saturated rings. The van der Waals surface area contributed by atoms with Crippen LogP contribution in [0, 0.1) is 12.3 Å². The van der Waals surface area contributed by atoms with Crippen molar-refractivity contribution in [1.29, 1.82) is 0 Å². The molecule has 19 heavy (non-hydrogen) atoms. The lowest BCUT2D eigenvalue weighted by Gasteiger charge is -2.24. The van der Waals surface area contributed by atoms with E-state index in [0.717, 1.165) is 25.1 Å². The summed E-state index contributed by atoms with van der Waals surface area (Å²) < 4.78 is 0. The van der Waals surface area contributed by atoms with E-state index in [0.29, 0.717) is 12.6 Å². The highest BCUT2D eigenvalue weighted by Gasteiger charge is 2.30. The van der Waals surface area contributed by atoms with Crippen molar-refractivity contribution in [3.05, 3.63) is 0 Å². The fourth-order valence-corrected chi connectivity index (χ4v) is 3.14. The van der Waals surface area contributed by atoms with Gasteiger partial charge < -0.3 is 10.6 Å². The molecule has 2 N–H and O–H groups in total. The molecule has 1 heterocycles. The average molecular weight is 262 g/mol. The summed E-state index contributed by atoms with van der Waals surface area (Å²) in [6.45, 7) is 5.75. The molecule has 106 valence electrons. The number of hydrogen-bond acceptors (Lipinski definition) is 2. The number of nitrogens with one attached hydrogen (secondary N) is 2. The predicted octanol–water partition coefficient (Wildman–Crippen LogP) is 1.19. The first-order chi connectivity index (χ1) is 9.33. The van der Waals surface area contributed by atoms with Crippen LogP contribution in [0.1, 0.15) is 39.0 Å². The maximum absolute atomic E-state index is 5.27. The molecule has 4 heteroatoms. The fourth-order valence-electron chi connectivity index (χ4n) is 3.14. The van der Waals surface area contributed by atoms with Gasteiger partial charge in [-0.1, -0.05) is 18.8 Å². The Kier molecular flexibility index (Phi) is 5.53. The van der Waals surface area contributed by atoms with Crippen LogP contribution in [0.5, 0.6) is 0 Å². The number of hydrogen-bond donors (Lipinski definition) is 2. The van der Waals surface area contributed by atoms with Crippen molar-refractivity contribution >= 4 is 5.96 Å². The van der Waals surface area contributed by atoms with E-state index in [9.17, 15) is 0 Å².